The molecule has 3 aliphatic heterocycles. The standard InChI is InChI=1S/C32H26N4O2.C27H21ClFN3O2.C26H25ClN2O3/c1-21-33-28-19-20-36(29-14-8-7-13-27(29)30(28)34-21)32(38)23-15-17-24(18-16-23)35-31(37)26-12-6-5-11-25(26)22-9-3-2-4-10-22;1-17-8-9-19(29)13-23(17)26(33)30-20-10-11-22(24(28)14-20)27(34)32-16-21-6-4-12-31(21)15-18-5-2-3-7-25(18)32;1-16-6-3-4-7-20(16)25(31)28-19-10-11-21(17(2)14-19)26(32)29-13-5-8-24(30)22-15-18(27)9-12-23(22)29/h2-18H,19-20H2,1H3,(H,33,34)(H,35,37);2-14H,15-16H2,1H3,(H,30,33);3-4,6-7,9-12,14-15,24,30H,5,8,13H2,1-2H3,(H,28,31). The lowest BCUT2D eigenvalue weighted by atomic mass is 9.99. The molecule has 10 aromatic carbocycles. The van der Waals surface area contributed by atoms with Crippen LogP contribution in [-0.2, 0) is 19.5 Å². The third-order valence-electron chi connectivity index (χ3n) is 18.7. The predicted molar refractivity (Wildman–Crippen MR) is 409 cm³/mol. The molecule has 0 saturated carbocycles. The van der Waals surface area contributed by atoms with Crippen LogP contribution in [0.3, 0.4) is 0 Å². The van der Waals surface area contributed by atoms with E-state index in [1.54, 1.807) is 102 Å². The van der Waals surface area contributed by atoms with Gasteiger partial charge in [-0.1, -0.05) is 132 Å². The third kappa shape index (κ3) is 15.4. The second-order valence-corrected chi connectivity index (χ2v) is 26.5. The number of aromatic amines is 1. The molecule has 0 radical (unpaired) electrons. The molecule has 0 bridgehead atoms. The average molecular weight is 1420 g/mol. The van der Waals surface area contributed by atoms with Gasteiger partial charge in [0.05, 0.1) is 34.6 Å². The van der Waals surface area contributed by atoms with E-state index < -0.39 is 17.8 Å². The van der Waals surface area contributed by atoms with Crippen molar-refractivity contribution in [2.75, 3.05) is 43.7 Å². The summed E-state index contributed by atoms with van der Waals surface area (Å²) in [5, 5.41) is 19.9. The van der Waals surface area contributed by atoms with Crippen LogP contribution in [0.25, 0.3) is 22.4 Å². The van der Waals surface area contributed by atoms with E-state index in [1.165, 1.54) is 18.2 Å². The number of aryl methyl sites for hydroxylation is 4. The quantitative estimate of drug-likeness (QED) is 0.0890. The van der Waals surface area contributed by atoms with Gasteiger partial charge in [0.1, 0.15) is 11.6 Å². The number of imidazole rings is 1. The number of rotatable bonds is 10. The van der Waals surface area contributed by atoms with Gasteiger partial charge in [0.2, 0.25) is 0 Å². The van der Waals surface area contributed by atoms with Gasteiger partial charge in [-0.3, -0.25) is 28.8 Å². The van der Waals surface area contributed by atoms with E-state index in [-0.39, 0.29) is 40.1 Å². The van der Waals surface area contributed by atoms with E-state index in [2.05, 4.69) is 30.5 Å². The molecule has 1 unspecified atom stereocenters. The van der Waals surface area contributed by atoms with Gasteiger partial charge in [0, 0.05) is 116 Å². The zero-order valence-electron chi connectivity index (χ0n) is 57.4. The first-order chi connectivity index (χ1) is 50.3. The van der Waals surface area contributed by atoms with Crippen molar-refractivity contribution in [3.05, 3.63) is 337 Å². The molecule has 12 aromatic rings. The van der Waals surface area contributed by atoms with Crippen LogP contribution in [0.4, 0.5) is 38.5 Å². The topological polar surface area (TPSA) is 202 Å². The molecule has 1 atom stereocenters. The van der Waals surface area contributed by atoms with Crippen molar-refractivity contribution in [1.29, 1.82) is 0 Å². The van der Waals surface area contributed by atoms with Gasteiger partial charge in [0.15, 0.2) is 0 Å². The lowest BCUT2D eigenvalue weighted by Gasteiger charge is -2.24. The fraction of sp³-hybridized carbons (Fsp3) is 0.141. The monoisotopic (exact) mass is 1420 g/mol. The molecular formula is C85H72Cl2FN9O7. The summed E-state index contributed by atoms with van der Waals surface area (Å²) in [4.78, 5) is 92.4. The number of aliphatic hydroxyl groups is 1. The molecule has 5 N–H and O–H groups in total. The van der Waals surface area contributed by atoms with Gasteiger partial charge in [0.25, 0.3) is 35.4 Å². The fourth-order valence-corrected chi connectivity index (χ4v) is 13.8. The maximum atomic E-state index is 13.6. The predicted octanol–water partition coefficient (Wildman–Crippen LogP) is 18.2. The first-order valence-electron chi connectivity index (χ1n) is 34.0. The Labute approximate surface area is 611 Å². The molecule has 6 amide bonds. The Bertz CT molecular complexity index is 5290. The van der Waals surface area contributed by atoms with Gasteiger partial charge in [-0.25, -0.2) is 9.37 Å². The van der Waals surface area contributed by atoms with Crippen LogP contribution >= 0.6 is 23.2 Å². The number of amides is 6. The number of carbonyl (C=O) groups excluding carboxylic acids is 6. The maximum Gasteiger partial charge on any atom is 0.260 e. The minimum Gasteiger partial charge on any atom is -0.388 e. The molecule has 16 nitrogen and oxygen atoms in total. The smallest absolute Gasteiger partial charge is 0.260 e. The number of hydrogen-bond acceptors (Lipinski definition) is 8. The van der Waals surface area contributed by atoms with Crippen molar-refractivity contribution >= 4 is 92.8 Å². The van der Waals surface area contributed by atoms with E-state index in [4.69, 9.17) is 23.2 Å². The maximum absolute atomic E-state index is 13.6. The number of anilines is 6. The summed E-state index contributed by atoms with van der Waals surface area (Å²) in [7, 11) is 0. The van der Waals surface area contributed by atoms with E-state index in [0.29, 0.717) is 112 Å². The van der Waals surface area contributed by atoms with Crippen LogP contribution in [-0.4, -0.2) is 68.2 Å². The first kappa shape index (κ1) is 70.4. The Morgan fingerprint density at radius 3 is 1.87 bits per heavy atom. The normalized spacial score (nSPS) is 13.4. The number of para-hydroxylation sites is 2. The number of aromatic nitrogens is 3. The molecule has 3 aliphatic rings. The largest absolute Gasteiger partial charge is 0.388 e. The summed E-state index contributed by atoms with van der Waals surface area (Å²) < 4.78 is 15.7. The van der Waals surface area contributed by atoms with Crippen molar-refractivity contribution in [1.82, 2.24) is 14.5 Å². The summed E-state index contributed by atoms with van der Waals surface area (Å²) in [6.45, 7) is 9.57. The number of aliphatic hydroxyl groups excluding tert-OH is 1. The molecule has 104 heavy (non-hydrogen) atoms. The Kier molecular flexibility index (Phi) is 21.0. The lowest BCUT2D eigenvalue weighted by molar-refractivity contribution is 0.0977. The number of nitrogens with zero attached hydrogens (tertiary/aromatic N) is 5. The SMILES string of the molecule is Cc1ccc(F)cc1C(=O)Nc1ccc(C(=O)N2Cc3cccn3Cc3ccccc32)c(Cl)c1.Cc1ccccc1C(=O)Nc1ccc(C(=O)N2CCCC(O)c3cc(Cl)ccc32)c(C)c1.Cc1nc2c([nH]1)CCN(C(=O)c1ccc(NC(=O)c3ccccc3-c3ccccc3)cc1)c1ccccc1-2. The highest BCUT2D eigenvalue weighted by Crippen LogP contribution is 2.39. The van der Waals surface area contributed by atoms with Gasteiger partial charge in [-0.15, -0.1) is 0 Å². The molecule has 0 fully saturated rings. The number of fused-ring (bicyclic) bond motifs is 6. The van der Waals surface area contributed by atoms with E-state index in [1.807, 2.05) is 165 Å². The third-order valence-corrected chi connectivity index (χ3v) is 19.2. The number of benzene rings is 10. The van der Waals surface area contributed by atoms with E-state index in [0.717, 1.165) is 67.7 Å². The number of carbonyl (C=O) groups is 6. The van der Waals surface area contributed by atoms with Gasteiger partial charge < -0.3 is 45.3 Å². The molecule has 2 aromatic heterocycles. The number of H-pyrrole nitrogens is 1. The summed E-state index contributed by atoms with van der Waals surface area (Å²) >= 11 is 12.6. The van der Waals surface area contributed by atoms with Crippen molar-refractivity contribution in [3.63, 3.8) is 0 Å². The lowest BCUT2D eigenvalue weighted by Crippen LogP contribution is -2.32. The van der Waals surface area contributed by atoms with Crippen LogP contribution in [0.1, 0.15) is 126 Å². The number of halogens is 3. The molecule has 520 valence electrons. The first-order valence-corrected chi connectivity index (χ1v) is 34.8. The Morgan fingerprint density at radius 1 is 0.500 bits per heavy atom. The van der Waals surface area contributed by atoms with Crippen LogP contribution in [0.15, 0.2) is 243 Å². The fourth-order valence-electron chi connectivity index (χ4n) is 13.3. The Hall–Kier alpha value is -12.0. The Morgan fingerprint density at radius 2 is 1.12 bits per heavy atom. The van der Waals surface area contributed by atoms with E-state index >= 15 is 0 Å². The van der Waals surface area contributed by atoms with E-state index in [9.17, 15) is 38.3 Å². The van der Waals surface area contributed by atoms with Crippen molar-refractivity contribution < 1.29 is 38.3 Å². The second kappa shape index (κ2) is 31.1. The summed E-state index contributed by atoms with van der Waals surface area (Å²) in [6, 6.07) is 70.8. The zero-order chi connectivity index (χ0) is 72.7. The van der Waals surface area contributed by atoms with Crippen molar-refractivity contribution in [2.24, 2.45) is 0 Å². The second-order valence-electron chi connectivity index (χ2n) is 25.7. The van der Waals surface area contributed by atoms with Gasteiger partial charge in [-0.05, 0) is 201 Å². The molecular weight excluding hydrogens is 1350 g/mol. The Balaban J connectivity index is 0.000000139. The summed E-state index contributed by atoms with van der Waals surface area (Å²) in [5.41, 5.74) is 16.7. The number of hydrogen-bond donors (Lipinski definition) is 5. The molecule has 15 rings (SSSR count). The number of nitrogens with one attached hydrogen (secondary N) is 4. The summed E-state index contributed by atoms with van der Waals surface area (Å²) in [6.07, 6.45) is 3.29. The highest BCUT2D eigenvalue weighted by Gasteiger charge is 2.31. The average Bonchev–Trinajstić information content (AvgIpc) is 1.61. The molecule has 19 heteroatoms. The summed E-state index contributed by atoms with van der Waals surface area (Å²) in [5.74, 6) is -0.918. The van der Waals surface area contributed by atoms with Crippen LogP contribution < -0.4 is 30.7 Å². The van der Waals surface area contributed by atoms with Crippen LogP contribution in [0.5, 0.6) is 0 Å². The zero-order valence-corrected chi connectivity index (χ0v) is 58.9. The highest BCUT2D eigenvalue weighted by atomic mass is 35.5. The van der Waals surface area contributed by atoms with Gasteiger partial charge >= 0.3 is 0 Å². The molecule has 5 heterocycles. The highest BCUT2D eigenvalue weighted by molar-refractivity contribution is 6.35. The van der Waals surface area contributed by atoms with Crippen LogP contribution in [0, 0.1) is 33.5 Å². The van der Waals surface area contributed by atoms with Crippen LogP contribution in [0.2, 0.25) is 10.0 Å². The minimum absolute atomic E-state index is 0.0911. The van der Waals surface area contributed by atoms with Gasteiger partial charge in [-0.2, -0.15) is 0 Å². The molecule has 0 spiro atoms. The van der Waals surface area contributed by atoms with Crippen molar-refractivity contribution in [3.8, 4) is 22.4 Å². The molecule has 0 aliphatic carbocycles. The molecule has 0 saturated heterocycles. The minimum atomic E-state index is -0.651. The van der Waals surface area contributed by atoms with Crippen molar-refractivity contribution in [2.45, 2.75) is 66.2 Å².